The van der Waals surface area contributed by atoms with E-state index in [1.54, 1.807) is 14.0 Å². The van der Waals surface area contributed by atoms with Gasteiger partial charge in [0.05, 0.1) is 6.54 Å². The minimum absolute atomic E-state index is 0.0485. The summed E-state index contributed by atoms with van der Waals surface area (Å²) in [4.78, 5) is 1.29. The van der Waals surface area contributed by atoms with E-state index in [2.05, 4.69) is 5.32 Å². The van der Waals surface area contributed by atoms with Crippen molar-refractivity contribution in [3.05, 3.63) is 0 Å². The molecule has 0 saturated heterocycles. The van der Waals surface area contributed by atoms with Crippen molar-refractivity contribution in [1.29, 1.82) is 0 Å². The standard InChI is InChI=1S/C8H17F3N2/c1-6(12-3)7(2)13(4)5-8(9,10)11/h6-7,12H,5H2,1-4H3. The molecule has 80 valence electrons. The first-order valence-corrected chi connectivity index (χ1v) is 4.22. The molecule has 0 aliphatic rings. The van der Waals surface area contributed by atoms with Crippen LogP contribution in [0, 0.1) is 0 Å². The number of hydrogen-bond donors (Lipinski definition) is 1. The Labute approximate surface area is 77.1 Å². The molecule has 5 heteroatoms. The van der Waals surface area contributed by atoms with E-state index in [4.69, 9.17) is 0 Å². The molecule has 2 nitrogen and oxygen atoms in total. The largest absolute Gasteiger partial charge is 0.401 e. The van der Waals surface area contributed by atoms with Gasteiger partial charge in [-0.1, -0.05) is 0 Å². The molecule has 0 aliphatic heterocycles. The van der Waals surface area contributed by atoms with Crippen LogP contribution in [0.15, 0.2) is 0 Å². The zero-order chi connectivity index (χ0) is 10.6. The Kier molecular flexibility index (Phi) is 4.70. The van der Waals surface area contributed by atoms with Gasteiger partial charge in [-0.3, -0.25) is 4.90 Å². The van der Waals surface area contributed by atoms with Gasteiger partial charge in [-0.15, -0.1) is 0 Å². The summed E-state index contributed by atoms with van der Waals surface area (Å²) in [6.45, 7) is 2.77. The van der Waals surface area contributed by atoms with Crippen LogP contribution < -0.4 is 5.32 Å². The molecule has 13 heavy (non-hydrogen) atoms. The average Bonchev–Trinajstić information content (AvgIpc) is 1.98. The summed E-state index contributed by atoms with van der Waals surface area (Å²) in [6.07, 6.45) is -4.11. The summed E-state index contributed by atoms with van der Waals surface area (Å²) in [5.74, 6) is 0. The van der Waals surface area contributed by atoms with Crippen LogP contribution in [0.5, 0.6) is 0 Å². The molecule has 0 bridgehead atoms. The first kappa shape index (κ1) is 12.7. The van der Waals surface area contributed by atoms with E-state index in [1.165, 1.54) is 11.9 Å². The summed E-state index contributed by atoms with van der Waals surface area (Å²) < 4.78 is 35.9. The number of alkyl halides is 3. The van der Waals surface area contributed by atoms with Crippen molar-refractivity contribution in [1.82, 2.24) is 10.2 Å². The Hall–Kier alpha value is -0.290. The number of hydrogen-bond acceptors (Lipinski definition) is 2. The maximum atomic E-state index is 12.0. The highest BCUT2D eigenvalue weighted by Gasteiger charge is 2.31. The predicted octanol–water partition coefficient (Wildman–Crippen LogP) is 1.48. The van der Waals surface area contributed by atoms with Crippen LogP contribution in [0.1, 0.15) is 13.8 Å². The Morgan fingerprint density at radius 1 is 1.31 bits per heavy atom. The third kappa shape index (κ3) is 5.10. The van der Waals surface area contributed by atoms with Crippen LogP contribution in [-0.4, -0.2) is 43.8 Å². The lowest BCUT2D eigenvalue weighted by Gasteiger charge is -2.30. The lowest BCUT2D eigenvalue weighted by Crippen LogP contribution is -2.47. The molecule has 0 aromatic carbocycles. The first-order chi connectivity index (χ1) is 5.78. The number of nitrogens with zero attached hydrogens (tertiary/aromatic N) is 1. The van der Waals surface area contributed by atoms with E-state index in [0.717, 1.165) is 0 Å². The van der Waals surface area contributed by atoms with Crippen LogP contribution in [-0.2, 0) is 0 Å². The minimum atomic E-state index is -4.11. The lowest BCUT2D eigenvalue weighted by molar-refractivity contribution is -0.147. The summed E-state index contributed by atoms with van der Waals surface area (Å²) in [5, 5.41) is 2.92. The second-order valence-corrected chi connectivity index (χ2v) is 3.35. The van der Waals surface area contributed by atoms with Crippen LogP contribution in [0.25, 0.3) is 0 Å². The molecule has 0 fully saturated rings. The molecule has 0 saturated carbocycles. The van der Waals surface area contributed by atoms with Crippen molar-refractivity contribution in [3.63, 3.8) is 0 Å². The molecule has 0 rings (SSSR count). The normalized spacial score (nSPS) is 17.5. The fourth-order valence-electron chi connectivity index (χ4n) is 1.05. The van der Waals surface area contributed by atoms with E-state index >= 15 is 0 Å². The van der Waals surface area contributed by atoms with Crippen molar-refractivity contribution in [3.8, 4) is 0 Å². The highest BCUT2D eigenvalue weighted by atomic mass is 19.4. The topological polar surface area (TPSA) is 15.3 Å². The highest BCUT2D eigenvalue weighted by Crippen LogP contribution is 2.17. The van der Waals surface area contributed by atoms with Crippen molar-refractivity contribution >= 4 is 0 Å². The van der Waals surface area contributed by atoms with Crippen molar-refractivity contribution in [2.45, 2.75) is 32.1 Å². The van der Waals surface area contributed by atoms with Gasteiger partial charge in [-0.2, -0.15) is 13.2 Å². The molecular weight excluding hydrogens is 181 g/mol. The van der Waals surface area contributed by atoms with Gasteiger partial charge in [0.1, 0.15) is 0 Å². The Balaban J connectivity index is 4.03. The molecule has 0 aliphatic carbocycles. The summed E-state index contributed by atoms with van der Waals surface area (Å²) >= 11 is 0. The third-order valence-corrected chi connectivity index (χ3v) is 2.30. The maximum absolute atomic E-state index is 12.0. The number of rotatable bonds is 4. The zero-order valence-corrected chi connectivity index (χ0v) is 8.44. The Bertz CT molecular complexity index is 147. The monoisotopic (exact) mass is 198 g/mol. The second-order valence-electron chi connectivity index (χ2n) is 3.35. The Morgan fingerprint density at radius 3 is 2.08 bits per heavy atom. The fraction of sp³-hybridized carbons (Fsp3) is 1.00. The number of halogens is 3. The maximum Gasteiger partial charge on any atom is 0.401 e. The SMILES string of the molecule is CNC(C)C(C)N(C)CC(F)(F)F. The fourth-order valence-corrected chi connectivity index (χ4v) is 1.05. The van der Waals surface area contributed by atoms with Gasteiger partial charge < -0.3 is 5.32 Å². The lowest BCUT2D eigenvalue weighted by atomic mass is 10.1. The molecule has 0 aromatic heterocycles. The van der Waals surface area contributed by atoms with Gasteiger partial charge in [0.2, 0.25) is 0 Å². The average molecular weight is 198 g/mol. The Morgan fingerprint density at radius 2 is 1.77 bits per heavy atom. The molecule has 2 unspecified atom stereocenters. The van der Waals surface area contributed by atoms with Gasteiger partial charge in [0, 0.05) is 12.1 Å². The van der Waals surface area contributed by atoms with Gasteiger partial charge in [-0.25, -0.2) is 0 Å². The highest BCUT2D eigenvalue weighted by molar-refractivity contribution is 4.75. The quantitative estimate of drug-likeness (QED) is 0.736. The summed E-state index contributed by atoms with van der Waals surface area (Å²) in [6, 6.07) is -0.0843. The van der Waals surface area contributed by atoms with Crippen LogP contribution >= 0.6 is 0 Å². The molecule has 0 radical (unpaired) electrons. The molecule has 0 amide bonds. The zero-order valence-electron chi connectivity index (χ0n) is 8.44. The van der Waals surface area contributed by atoms with E-state index in [-0.39, 0.29) is 12.1 Å². The third-order valence-electron chi connectivity index (χ3n) is 2.30. The summed E-state index contributed by atoms with van der Waals surface area (Å²) in [7, 11) is 3.22. The molecule has 0 heterocycles. The van der Waals surface area contributed by atoms with Crippen LogP contribution in [0.3, 0.4) is 0 Å². The van der Waals surface area contributed by atoms with Gasteiger partial charge in [0.25, 0.3) is 0 Å². The second kappa shape index (κ2) is 4.81. The van der Waals surface area contributed by atoms with Crippen molar-refractivity contribution in [2.75, 3.05) is 20.6 Å². The van der Waals surface area contributed by atoms with Gasteiger partial charge in [-0.05, 0) is 27.9 Å². The van der Waals surface area contributed by atoms with Crippen molar-refractivity contribution in [2.24, 2.45) is 0 Å². The van der Waals surface area contributed by atoms with E-state index in [1.807, 2.05) is 6.92 Å². The number of nitrogens with one attached hydrogen (secondary N) is 1. The molecule has 2 atom stereocenters. The first-order valence-electron chi connectivity index (χ1n) is 4.22. The van der Waals surface area contributed by atoms with Gasteiger partial charge >= 0.3 is 6.18 Å². The van der Waals surface area contributed by atoms with Crippen LogP contribution in [0.2, 0.25) is 0 Å². The van der Waals surface area contributed by atoms with Crippen molar-refractivity contribution < 1.29 is 13.2 Å². The van der Waals surface area contributed by atoms with E-state index < -0.39 is 12.7 Å². The summed E-state index contributed by atoms with van der Waals surface area (Å²) in [5.41, 5.74) is 0. The molecule has 0 aromatic rings. The molecule has 0 spiro atoms. The predicted molar refractivity (Wildman–Crippen MR) is 46.7 cm³/mol. The molecular formula is C8H17F3N2. The minimum Gasteiger partial charge on any atom is -0.316 e. The van der Waals surface area contributed by atoms with Gasteiger partial charge in [0.15, 0.2) is 0 Å². The number of likely N-dealkylation sites (N-methyl/N-ethyl adjacent to an activating group) is 2. The smallest absolute Gasteiger partial charge is 0.316 e. The van der Waals surface area contributed by atoms with E-state index in [9.17, 15) is 13.2 Å². The van der Waals surface area contributed by atoms with Crippen LogP contribution in [0.4, 0.5) is 13.2 Å². The van der Waals surface area contributed by atoms with E-state index in [0.29, 0.717) is 0 Å². The molecule has 1 N–H and O–H groups in total.